The highest BCUT2D eigenvalue weighted by molar-refractivity contribution is 7.91. The Kier molecular flexibility index (Phi) is 12.9. The van der Waals surface area contributed by atoms with Gasteiger partial charge in [0.25, 0.3) is 18.3 Å². The molecule has 2 aliphatic heterocycles. The Bertz CT molecular complexity index is 2140. The van der Waals surface area contributed by atoms with E-state index in [-0.39, 0.29) is 42.1 Å². The van der Waals surface area contributed by atoms with Crippen LogP contribution in [0.25, 0.3) is 10.8 Å². The molecular weight excluding hydrogens is 838 g/mol. The standard InChI is InChI=1S/C40H50ClF4N5O9S/c1-21-9-6-7-10-23-18-40(23,36(53)49-60(55,56)25-13-14-25)48-33(51)29-16-24(58-34-26-11-8-12-28(41)27(26)17-31(46-34)57-20-30(42)43)19-50(29)35(52)32(22(2)15-21)47-37(54)59-38(3,4)39(5,44)45/h7-8,10-12,17,21-25,29-30,32H,6,9,13-16,18-20H2,1-5H3,(H,47,54)(H,48,51)(H,49,53)/b10-7-/t21-,22+,23?,24+,29-,32-,40+/m0/s1. The van der Waals surface area contributed by atoms with Crippen molar-refractivity contribution < 1.29 is 59.4 Å². The summed E-state index contributed by atoms with van der Waals surface area (Å²) < 4.78 is 99.7. The van der Waals surface area contributed by atoms with E-state index in [1.54, 1.807) is 31.2 Å². The molecule has 4 amide bonds. The van der Waals surface area contributed by atoms with Crippen LogP contribution in [0.4, 0.5) is 22.4 Å². The molecular formula is C40H50ClF4N5O9S. The number of nitrogens with zero attached hydrogens (tertiary/aromatic N) is 2. The molecule has 1 aromatic heterocycles. The van der Waals surface area contributed by atoms with Gasteiger partial charge in [-0.15, -0.1) is 0 Å². The Hall–Kier alpha value is -4.39. The van der Waals surface area contributed by atoms with Crippen LogP contribution >= 0.6 is 11.6 Å². The minimum absolute atomic E-state index is 0.0359. The number of carbonyl (C=O) groups is 4. The fourth-order valence-electron chi connectivity index (χ4n) is 7.63. The van der Waals surface area contributed by atoms with Gasteiger partial charge in [-0.3, -0.25) is 19.1 Å². The zero-order chi connectivity index (χ0) is 43.9. The van der Waals surface area contributed by atoms with Gasteiger partial charge in [-0.25, -0.2) is 30.8 Å². The highest BCUT2D eigenvalue weighted by atomic mass is 35.5. The molecule has 6 rings (SSSR count). The van der Waals surface area contributed by atoms with Crippen molar-refractivity contribution in [1.29, 1.82) is 0 Å². The van der Waals surface area contributed by atoms with Gasteiger partial charge in [-0.2, -0.15) is 4.98 Å². The Morgan fingerprint density at radius 1 is 1.10 bits per heavy atom. The number of amides is 4. The van der Waals surface area contributed by atoms with Crippen LogP contribution in [0, 0.1) is 17.8 Å². The molecule has 3 N–H and O–H groups in total. The molecule has 3 heterocycles. The second-order valence-electron chi connectivity index (χ2n) is 17.0. The van der Waals surface area contributed by atoms with E-state index < -0.39 is 99.2 Å². The van der Waals surface area contributed by atoms with Crippen LogP contribution in [0.3, 0.4) is 0 Å². The van der Waals surface area contributed by atoms with Gasteiger partial charge in [0.05, 0.1) is 11.8 Å². The lowest BCUT2D eigenvalue weighted by atomic mass is 9.88. The maximum Gasteiger partial charge on any atom is 0.408 e. The minimum atomic E-state index is -4.02. The quantitative estimate of drug-likeness (QED) is 0.181. The number of rotatable bonds is 11. The molecule has 0 radical (unpaired) electrons. The molecule has 20 heteroatoms. The predicted molar refractivity (Wildman–Crippen MR) is 211 cm³/mol. The molecule has 60 heavy (non-hydrogen) atoms. The van der Waals surface area contributed by atoms with Gasteiger partial charge in [0.1, 0.15) is 23.7 Å². The lowest BCUT2D eigenvalue weighted by molar-refractivity contribution is -0.152. The smallest absolute Gasteiger partial charge is 0.408 e. The number of sulfonamides is 1. The Balaban J connectivity index is 1.37. The predicted octanol–water partition coefficient (Wildman–Crippen LogP) is 5.90. The number of allylic oxidation sites excluding steroid dienone is 1. The van der Waals surface area contributed by atoms with Crippen LogP contribution in [0.15, 0.2) is 36.4 Å². The zero-order valence-electron chi connectivity index (χ0n) is 33.8. The maximum atomic E-state index is 14.8. The largest absolute Gasteiger partial charge is 0.472 e. The van der Waals surface area contributed by atoms with E-state index in [0.717, 1.165) is 18.7 Å². The van der Waals surface area contributed by atoms with E-state index >= 15 is 0 Å². The summed E-state index contributed by atoms with van der Waals surface area (Å²) in [6.07, 6.45) is 0.624. The van der Waals surface area contributed by atoms with Crippen molar-refractivity contribution in [2.24, 2.45) is 17.8 Å². The Morgan fingerprint density at radius 2 is 1.82 bits per heavy atom. The summed E-state index contributed by atoms with van der Waals surface area (Å²) in [5.41, 5.74) is -3.95. The lowest BCUT2D eigenvalue weighted by Gasteiger charge is -2.35. The number of hydrogen-bond acceptors (Lipinski definition) is 10. The average Bonchev–Trinajstić information content (AvgIpc) is 4.07. The van der Waals surface area contributed by atoms with Crippen LogP contribution < -0.4 is 24.8 Å². The van der Waals surface area contributed by atoms with Crippen LogP contribution in [-0.4, -0.2) is 102 Å². The zero-order valence-corrected chi connectivity index (χ0v) is 35.4. The molecule has 1 saturated heterocycles. The fraction of sp³-hybridized carbons (Fsp3) is 0.625. The first-order chi connectivity index (χ1) is 28.0. The Labute approximate surface area is 350 Å². The molecule has 2 saturated carbocycles. The van der Waals surface area contributed by atoms with Gasteiger partial charge in [-0.1, -0.05) is 43.7 Å². The summed E-state index contributed by atoms with van der Waals surface area (Å²) in [5.74, 6) is -7.59. The highest BCUT2D eigenvalue weighted by Crippen LogP contribution is 2.46. The van der Waals surface area contributed by atoms with Crippen molar-refractivity contribution in [3.05, 3.63) is 41.4 Å². The monoisotopic (exact) mass is 887 g/mol. The number of hydrogen-bond donors (Lipinski definition) is 3. The fourth-order valence-corrected chi connectivity index (χ4v) is 9.22. The van der Waals surface area contributed by atoms with Crippen LogP contribution in [-0.2, 0) is 29.1 Å². The van der Waals surface area contributed by atoms with Crippen molar-refractivity contribution in [2.75, 3.05) is 13.2 Å². The SMILES string of the molecule is C[C@H]1CC/C=C\C2C[C@@]2(C(=O)NS(=O)(=O)C2CC2)NC(=O)[C@@H]2C[C@@H](Oc3nc(OCC(F)F)cc4c(Cl)cccc34)CN2C(=O)[C@@H](NC(=O)OC(C)(C)C(C)(F)F)[C@H](C)C1. The van der Waals surface area contributed by atoms with Crippen molar-refractivity contribution >= 4 is 56.2 Å². The van der Waals surface area contributed by atoms with Gasteiger partial charge in [-0.05, 0) is 76.3 Å². The van der Waals surface area contributed by atoms with Crippen molar-refractivity contribution in [2.45, 2.75) is 126 Å². The average molecular weight is 888 g/mol. The third kappa shape index (κ3) is 10.0. The summed E-state index contributed by atoms with van der Waals surface area (Å²) in [6.45, 7) is 4.99. The van der Waals surface area contributed by atoms with Gasteiger partial charge in [0, 0.05) is 41.1 Å². The van der Waals surface area contributed by atoms with Crippen molar-refractivity contribution in [3.8, 4) is 11.8 Å². The van der Waals surface area contributed by atoms with Crippen LogP contribution in [0.5, 0.6) is 11.8 Å². The first-order valence-corrected chi connectivity index (χ1v) is 21.8. The number of benzene rings is 1. The normalized spacial score (nSPS) is 28.4. The van der Waals surface area contributed by atoms with Crippen LogP contribution in [0.1, 0.15) is 79.6 Å². The van der Waals surface area contributed by atoms with Gasteiger partial charge in [0.15, 0.2) is 12.2 Å². The molecule has 2 aliphatic carbocycles. The summed E-state index contributed by atoms with van der Waals surface area (Å²) in [6, 6.07) is 3.35. The first kappa shape index (κ1) is 45.1. The molecule has 0 spiro atoms. The van der Waals surface area contributed by atoms with Gasteiger partial charge < -0.3 is 29.7 Å². The van der Waals surface area contributed by atoms with E-state index in [2.05, 4.69) is 20.3 Å². The number of ether oxygens (including phenoxy) is 3. The maximum absolute atomic E-state index is 14.8. The van der Waals surface area contributed by atoms with E-state index in [1.165, 1.54) is 6.07 Å². The third-order valence-electron chi connectivity index (χ3n) is 11.7. The molecule has 7 atom stereocenters. The van der Waals surface area contributed by atoms with Gasteiger partial charge in [0.2, 0.25) is 33.6 Å². The minimum Gasteiger partial charge on any atom is -0.472 e. The van der Waals surface area contributed by atoms with E-state index in [0.29, 0.717) is 49.8 Å². The Morgan fingerprint density at radius 3 is 2.48 bits per heavy atom. The van der Waals surface area contributed by atoms with Crippen LogP contribution in [0.2, 0.25) is 5.02 Å². The molecule has 330 valence electrons. The molecule has 1 unspecified atom stereocenters. The molecule has 3 fully saturated rings. The molecule has 0 bridgehead atoms. The molecule has 14 nitrogen and oxygen atoms in total. The number of nitrogens with one attached hydrogen (secondary N) is 3. The first-order valence-electron chi connectivity index (χ1n) is 19.9. The lowest BCUT2D eigenvalue weighted by Crippen LogP contribution is -2.59. The van der Waals surface area contributed by atoms with E-state index in [4.69, 9.17) is 25.8 Å². The van der Waals surface area contributed by atoms with Crippen molar-refractivity contribution in [1.82, 2.24) is 25.2 Å². The summed E-state index contributed by atoms with van der Waals surface area (Å²) in [4.78, 5) is 61.9. The number of fused-ring (bicyclic) bond motifs is 3. The van der Waals surface area contributed by atoms with Gasteiger partial charge >= 0.3 is 6.09 Å². The molecule has 4 aliphatic rings. The number of halogens is 5. The van der Waals surface area contributed by atoms with E-state index in [9.17, 15) is 45.2 Å². The second kappa shape index (κ2) is 17.2. The molecule has 1 aromatic carbocycles. The van der Waals surface area contributed by atoms with Crippen molar-refractivity contribution in [3.63, 3.8) is 0 Å². The number of carbonyl (C=O) groups excluding carboxylic acids is 4. The summed E-state index contributed by atoms with van der Waals surface area (Å²) in [5, 5.41) is 5.45. The topological polar surface area (TPSA) is 182 Å². The number of alkyl halides is 4. The highest BCUT2D eigenvalue weighted by Gasteiger charge is 2.62. The summed E-state index contributed by atoms with van der Waals surface area (Å²) in [7, 11) is -4.02. The number of pyridine rings is 1. The second-order valence-corrected chi connectivity index (χ2v) is 19.3. The third-order valence-corrected chi connectivity index (χ3v) is 13.8. The molecule has 2 aromatic rings. The van der Waals surface area contributed by atoms with E-state index in [1.807, 2.05) is 13.0 Å². The number of alkyl carbamates (subject to hydrolysis) is 1. The number of aromatic nitrogens is 1. The summed E-state index contributed by atoms with van der Waals surface area (Å²) >= 11 is 6.45.